The van der Waals surface area contributed by atoms with Gasteiger partial charge in [0.2, 0.25) is 10.0 Å². The van der Waals surface area contributed by atoms with Crippen LogP contribution >= 0.6 is 0 Å². The number of carbonyl (C=O) groups is 1. The van der Waals surface area contributed by atoms with Crippen LogP contribution in [0.1, 0.15) is 36.0 Å². The zero-order chi connectivity index (χ0) is 19.6. The second kappa shape index (κ2) is 8.26. The van der Waals surface area contributed by atoms with Crippen molar-refractivity contribution in [2.45, 2.75) is 42.7 Å². The van der Waals surface area contributed by atoms with Gasteiger partial charge in [0.05, 0.1) is 17.0 Å². The Morgan fingerprint density at radius 3 is 2.48 bits per heavy atom. The molecule has 1 heterocycles. The Hall–Kier alpha value is -1.48. The molecule has 1 saturated heterocycles. The summed E-state index contributed by atoms with van der Waals surface area (Å²) in [5, 5.41) is 10.2. The molecule has 2 fully saturated rings. The molecular formula is C19H29N3O4S. The summed E-state index contributed by atoms with van der Waals surface area (Å²) < 4.78 is 27.3. The fourth-order valence-corrected chi connectivity index (χ4v) is 5.33. The molecule has 2 atom stereocenters. The van der Waals surface area contributed by atoms with E-state index in [2.05, 4.69) is 4.90 Å². The fourth-order valence-electron chi connectivity index (χ4n) is 3.86. The van der Waals surface area contributed by atoms with E-state index >= 15 is 0 Å². The van der Waals surface area contributed by atoms with Crippen molar-refractivity contribution in [3.8, 4) is 0 Å². The van der Waals surface area contributed by atoms with Gasteiger partial charge in [-0.05, 0) is 38.1 Å². The van der Waals surface area contributed by atoms with Crippen LogP contribution in [0, 0.1) is 0 Å². The summed E-state index contributed by atoms with van der Waals surface area (Å²) in [5.41, 5.74) is 0.338. The minimum absolute atomic E-state index is 0.149. The van der Waals surface area contributed by atoms with E-state index in [1.54, 1.807) is 30.1 Å². The quantitative estimate of drug-likeness (QED) is 0.823. The molecule has 1 aliphatic carbocycles. The fraction of sp³-hybridized carbons (Fsp3) is 0.632. The van der Waals surface area contributed by atoms with Crippen LogP contribution in [-0.4, -0.2) is 86.0 Å². The predicted octanol–water partition coefficient (Wildman–Crippen LogP) is 0.998. The largest absolute Gasteiger partial charge is 0.391 e. The first-order valence-electron chi connectivity index (χ1n) is 9.54. The first kappa shape index (κ1) is 20.3. The van der Waals surface area contributed by atoms with Crippen LogP contribution in [0.25, 0.3) is 0 Å². The highest BCUT2D eigenvalue weighted by Gasteiger charge is 2.31. The minimum Gasteiger partial charge on any atom is -0.391 e. The van der Waals surface area contributed by atoms with Gasteiger partial charge in [-0.15, -0.1) is 0 Å². The molecule has 0 radical (unpaired) electrons. The van der Waals surface area contributed by atoms with Crippen molar-refractivity contribution in [3.05, 3.63) is 29.8 Å². The molecule has 0 unspecified atom stereocenters. The van der Waals surface area contributed by atoms with Gasteiger partial charge in [0.1, 0.15) is 0 Å². The first-order valence-corrected chi connectivity index (χ1v) is 11.0. The maximum absolute atomic E-state index is 12.9. The van der Waals surface area contributed by atoms with Crippen LogP contribution in [-0.2, 0) is 10.0 Å². The molecule has 1 aliphatic heterocycles. The van der Waals surface area contributed by atoms with Gasteiger partial charge in [-0.1, -0.05) is 18.9 Å². The monoisotopic (exact) mass is 395 g/mol. The van der Waals surface area contributed by atoms with E-state index in [0.717, 1.165) is 19.3 Å². The first-order chi connectivity index (χ1) is 12.8. The zero-order valence-corrected chi connectivity index (χ0v) is 16.9. The van der Waals surface area contributed by atoms with Crippen LogP contribution in [0.5, 0.6) is 0 Å². The van der Waals surface area contributed by atoms with Gasteiger partial charge in [-0.25, -0.2) is 8.42 Å². The summed E-state index contributed by atoms with van der Waals surface area (Å²) >= 11 is 0. The average molecular weight is 396 g/mol. The van der Waals surface area contributed by atoms with E-state index in [1.807, 2.05) is 7.05 Å². The average Bonchev–Trinajstić information content (AvgIpc) is 2.67. The second-order valence-corrected chi connectivity index (χ2v) is 9.51. The van der Waals surface area contributed by atoms with Crippen LogP contribution in [0.4, 0.5) is 0 Å². The Bertz CT molecular complexity index is 775. The van der Waals surface area contributed by atoms with Gasteiger partial charge in [0.25, 0.3) is 5.91 Å². The maximum Gasteiger partial charge on any atom is 0.253 e. The second-order valence-electron chi connectivity index (χ2n) is 7.57. The number of hydrogen-bond acceptors (Lipinski definition) is 5. The molecule has 3 rings (SSSR count). The molecule has 1 saturated carbocycles. The van der Waals surface area contributed by atoms with Crippen molar-refractivity contribution in [3.63, 3.8) is 0 Å². The Morgan fingerprint density at radius 1 is 1.15 bits per heavy atom. The lowest BCUT2D eigenvalue weighted by Gasteiger charge is -2.35. The van der Waals surface area contributed by atoms with Crippen LogP contribution < -0.4 is 0 Å². The van der Waals surface area contributed by atoms with E-state index in [-0.39, 0.29) is 16.8 Å². The molecule has 1 aromatic carbocycles. The minimum atomic E-state index is -3.62. The Kier molecular flexibility index (Phi) is 6.20. The molecular weight excluding hydrogens is 366 g/mol. The predicted molar refractivity (Wildman–Crippen MR) is 103 cm³/mol. The zero-order valence-electron chi connectivity index (χ0n) is 16.0. The summed E-state index contributed by atoms with van der Waals surface area (Å²) in [6, 6.07) is 6.03. The Labute approximate surface area is 161 Å². The number of hydrogen-bond donors (Lipinski definition) is 1. The third kappa shape index (κ3) is 4.34. The van der Waals surface area contributed by atoms with Gasteiger partial charge in [0.15, 0.2) is 0 Å². The lowest BCUT2D eigenvalue weighted by atomic mass is 9.91. The molecule has 27 heavy (non-hydrogen) atoms. The van der Waals surface area contributed by atoms with E-state index in [1.165, 1.54) is 10.4 Å². The molecule has 1 aromatic rings. The summed E-state index contributed by atoms with van der Waals surface area (Å²) in [6.07, 6.45) is 2.89. The van der Waals surface area contributed by atoms with Crippen molar-refractivity contribution >= 4 is 15.9 Å². The van der Waals surface area contributed by atoms with Gasteiger partial charge in [0, 0.05) is 38.8 Å². The summed E-state index contributed by atoms with van der Waals surface area (Å²) in [6.45, 7) is 2.29. The number of aliphatic hydroxyl groups excluding tert-OH is 1. The highest BCUT2D eigenvalue weighted by molar-refractivity contribution is 7.89. The topological polar surface area (TPSA) is 81.2 Å². The van der Waals surface area contributed by atoms with Crippen LogP contribution in [0.2, 0.25) is 0 Å². The molecule has 1 N–H and O–H groups in total. The number of rotatable bonds is 4. The van der Waals surface area contributed by atoms with E-state index < -0.39 is 16.1 Å². The van der Waals surface area contributed by atoms with Gasteiger partial charge < -0.3 is 14.9 Å². The summed E-state index contributed by atoms with van der Waals surface area (Å²) in [7, 11) is 0.0384. The van der Waals surface area contributed by atoms with Crippen molar-refractivity contribution in [2.75, 3.05) is 40.3 Å². The van der Waals surface area contributed by atoms with Gasteiger partial charge >= 0.3 is 0 Å². The molecule has 8 heteroatoms. The highest BCUT2D eigenvalue weighted by Crippen LogP contribution is 2.25. The van der Waals surface area contributed by atoms with Crippen LogP contribution in [0.15, 0.2) is 29.2 Å². The number of carbonyl (C=O) groups excluding carboxylic acids is 1. The van der Waals surface area contributed by atoms with Crippen molar-refractivity contribution in [1.29, 1.82) is 0 Å². The lowest BCUT2D eigenvalue weighted by molar-refractivity contribution is 0.0268. The number of likely N-dealkylation sites (N-methyl/N-ethyl adjacent to an activating group) is 2. The SMILES string of the molecule is CN1CCN(S(=O)(=O)c2cccc(C(=O)N(C)[C@@H]3CCCC[C@H]3O)c2)CC1. The molecule has 2 aliphatic rings. The highest BCUT2D eigenvalue weighted by atomic mass is 32.2. The molecule has 0 spiro atoms. The van der Waals surface area contributed by atoms with E-state index in [0.29, 0.717) is 38.2 Å². The number of benzene rings is 1. The summed E-state index contributed by atoms with van der Waals surface area (Å²) in [5.74, 6) is -0.253. The molecule has 150 valence electrons. The smallest absolute Gasteiger partial charge is 0.253 e. The van der Waals surface area contributed by atoms with E-state index in [9.17, 15) is 18.3 Å². The number of piperazine rings is 1. The molecule has 0 bridgehead atoms. The number of amides is 1. The van der Waals surface area contributed by atoms with Gasteiger partial charge in [-0.3, -0.25) is 4.79 Å². The molecule has 7 nitrogen and oxygen atoms in total. The number of sulfonamides is 1. The molecule has 0 aromatic heterocycles. The lowest BCUT2D eigenvalue weighted by Crippen LogP contribution is -2.47. The maximum atomic E-state index is 12.9. The Morgan fingerprint density at radius 2 is 1.81 bits per heavy atom. The number of aliphatic hydroxyl groups is 1. The van der Waals surface area contributed by atoms with Crippen LogP contribution in [0.3, 0.4) is 0 Å². The van der Waals surface area contributed by atoms with Crippen molar-refractivity contribution in [2.24, 2.45) is 0 Å². The third-order valence-electron chi connectivity index (χ3n) is 5.69. The standard InChI is InChI=1S/C19H29N3O4S/c1-20-10-12-22(13-11-20)27(25,26)16-7-5-6-15(14-16)19(24)21(2)17-8-3-4-9-18(17)23/h5-7,14,17-18,23H,3-4,8-13H2,1-2H3/t17-,18-/m1/s1. The summed E-state index contributed by atoms with van der Waals surface area (Å²) in [4.78, 5) is 16.7. The van der Waals surface area contributed by atoms with Crippen molar-refractivity contribution in [1.82, 2.24) is 14.1 Å². The molecule has 1 amide bonds. The normalized spacial score (nSPS) is 25.3. The third-order valence-corrected chi connectivity index (χ3v) is 7.59. The van der Waals surface area contributed by atoms with Gasteiger partial charge in [-0.2, -0.15) is 4.31 Å². The Balaban J connectivity index is 1.79. The number of nitrogens with zero attached hydrogens (tertiary/aromatic N) is 3. The van der Waals surface area contributed by atoms with E-state index in [4.69, 9.17) is 0 Å². The van der Waals surface area contributed by atoms with Crippen molar-refractivity contribution < 1.29 is 18.3 Å².